The van der Waals surface area contributed by atoms with E-state index in [0.29, 0.717) is 13.1 Å². The van der Waals surface area contributed by atoms with Gasteiger partial charge in [-0.1, -0.05) is 48.5 Å². The zero-order valence-electron chi connectivity index (χ0n) is 19.0. The van der Waals surface area contributed by atoms with E-state index in [9.17, 15) is 9.59 Å². The van der Waals surface area contributed by atoms with Gasteiger partial charge in [-0.2, -0.15) is 0 Å². The van der Waals surface area contributed by atoms with Crippen molar-refractivity contribution in [1.82, 2.24) is 15.1 Å². The smallest absolute Gasteiger partial charge is 0.322 e. The van der Waals surface area contributed by atoms with Crippen LogP contribution in [0.1, 0.15) is 30.5 Å². The van der Waals surface area contributed by atoms with Gasteiger partial charge in [0.1, 0.15) is 0 Å². The number of anilines is 1. The van der Waals surface area contributed by atoms with Crippen LogP contribution in [0.3, 0.4) is 0 Å². The number of nitrogens with zero attached hydrogens (tertiary/aromatic N) is 2. The molecule has 3 rings (SSSR count). The molecular weight excluding hydrogens is 404 g/mol. The van der Waals surface area contributed by atoms with Gasteiger partial charge in [0.05, 0.1) is 19.3 Å². The number of amides is 3. The predicted molar refractivity (Wildman–Crippen MR) is 127 cm³/mol. The standard InChI is InChI=1S/C25H34N4O3/c1-20-8-6-7-11-23(20)27-25(31)29(21(2)22-9-4-3-5-10-22)14-12-24(30)26-13-15-28-16-18-32-19-17-28/h3-11,21H,12-19H2,1-2H3,(H,26,30)(H,27,31). The summed E-state index contributed by atoms with van der Waals surface area (Å²) in [5, 5.41) is 5.99. The van der Waals surface area contributed by atoms with E-state index in [4.69, 9.17) is 4.74 Å². The number of para-hydroxylation sites is 1. The van der Waals surface area contributed by atoms with Gasteiger partial charge in [0.2, 0.25) is 5.91 Å². The lowest BCUT2D eigenvalue weighted by Crippen LogP contribution is -2.42. The zero-order chi connectivity index (χ0) is 22.8. The largest absolute Gasteiger partial charge is 0.379 e. The van der Waals surface area contributed by atoms with E-state index in [1.807, 2.05) is 68.4 Å². The molecule has 2 aromatic carbocycles. The minimum atomic E-state index is -0.211. The van der Waals surface area contributed by atoms with Crippen LogP contribution in [0.4, 0.5) is 10.5 Å². The lowest BCUT2D eigenvalue weighted by molar-refractivity contribution is -0.121. The van der Waals surface area contributed by atoms with Crippen molar-refractivity contribution in [2.75, 3.05) is 51.3 Å². The van der Waals surface area contributed by atoms with Crippen molar-refractivity contribution in [3.63, 3.8) is 0 Å². The van der Waals surface area contributed by atoms with Crippen LogP contribution >= 0.6 is 0 Å². The molecule has 0 radical (unpaired) electrons. The van der Waals surface area contributed by atoms with Crippen molar-refractivity contribution in [2.24, 2.45) is 0 Å². The summed E-state index contributed by atoms with van der Waals surface area (Å²) in [5.74, 6) is -0.0489. The van der Waals surface area contributed by atoms with Crippen LogP contribution in [0.15, 0.2) is 54.6 Å². The van der Waals surface area contributed by atoms with E-state index in [2.05, 4.69) is 15.5 Å². The van der Waals surface area contributed by atoms with Crippen LogP contribution in [0.25, 0.3) is 0 Å². The van der Waals surface area contributed by atoms with E-state index >= 15 is 0 Å². The molecule has 0 saturated carbocycles. The molecule has 1 fully saturated rings. The van der Waals surface area contributed by atoms with Crippen LogP contribution in [-0.4, -0.2) is 67.7 Å². The lowest BCUT2D eigenvalue weighted by Gasteiger charge is -2.30. The summed E-state index contributed by atoms with van der Waals surface area (Å²) in [5.41, 5.74) is 2.80. The fourth-order valence-electron chi connectivity index (χ4n) is 3.77. The third-order valence-electron chi connectivity index (χ3n) is 5.83. The Labute approximate surface area is 190 Å². The Morgan fingerprint density at radius 3 is 2.47 bits per heavy atom. The Morgan fingerprint density at radius 2 is 1.75 bits per heavy atom. The molecule has 32 heavy (non-hydrogen) atoms. The van der Waals surface area contributed by atoms with Crippen LogP contribution in [-0.2, 0) is 9.53 Å². The van der Waals surface area contributed by atoms with Crippen molar-refractivity contribution in [3.8, 4) is 0 Å². The van der Waals surface area contributed by atoms with E-state index in [1.165, 1.54) is 0 Å². The highest BCUT2D eigenvalue weighted by Crippen LogP contribution is 2.22. The summed E-state index contributed by atoms with van der Waals surface area (Å²) in [6, 6.07) is 17.2. The van der Waals surface area contributed by atoms with E-state index in [0.717, 1.165) is 49.7 Å². The molecule has 1 atom stereocenters. The van der Waals surface area contributed by atoms with Crippen LogP contribution in [0.2, 0.25) is 0 Å². The summed E-state index contributed by atoms with van der Waals surface area (Å²) in [7, 11) is 0. The molecule has 0 bridgehead atoms. The fourth-order valence-corrected chi connectivity index (χ4v) is 3.77. The predicted octanol–water partition coefficient (Wildman–Crippen LogP) is 3.43. The summed E-state index contributed by atoms with van der Waals surface area (Å²) in [6.45, 7) is 8.99. The second kappa shape index (κ2) is 12.2. The molecule has 3 amide bonds. The van der Waals surface area contributed by atoms with Crippen molar-refractivity contribution in [1.29, 1.82) is 0 Å². The molecule has 2 aromatic rings. The molecule has 1 heterocycles. The first-order valence-corrected chi connectivity index (χ1v) is 11.3. The van der Waals surface area contributed by atoms with Gasteiger partial charge in [0.25, 0.3) is 0 Å². The molecule has 0 aliphatic carbocycles. The molecule has 0 aromatic heterocycles. The van der Waals surface area contributed by atoms with Gasteiger partial charge in [-0.3, -0.25) is 9.69 Å². The van der Waals surface area contributed by atoms with Crippen LogP contribution in [0, 0.1) is 6.92 Å². The number of benzene rings is 2. The third-order valence-corrected chi connectivity index (χ3v) is 5.83. The number of carbonyl (C=O) groups excluding carboxylic acids is 2. The quantitative estimate of drug-likeness (QED) is 0.629. The maximum atomic E-state index is 13.2. The number of urea groups is 1. The maximum Gasteiger partial charge on any atom is 0.322 e. The SMILES string of the molecule is Cc1ccccc1NC(=O)N(CCC(=O)NCCN1CCOCC1)C(C)c1ccccc1. The second-order valence-corrected chi connectivity index (χ2v) is 8.08. The Kier molecular flexibility index (Phi) is 9.07. The molecule has 2 N–H and O–H groups in total. The number of carbonyl (C=O) groups is 2. The van der Waals surface area contributed by atoms with Gasteiger partial charge in [-0.15, -0.1) is 0 Å². The van der Waals surface area contributed by atoms with Crippen molar-refractivity contribution >= 4 is 17.6 Å². The lowest BCUT2D eigenvalue weighted by atomic mass is 10.1. The number of morpholine rings is 1. The summed E-state index contributed by atoms with van der Waals surface area (Å²) in [6.07, 6.45) is 0.251. The number of aryl methyl sites for hydroxylation is 1. The number of ether oxygens (including phenoxy) is 1. The molecule has 1 aliphatic heterocycles. The Bertz CT molecular complexity index is 869. The fraction of sp³-hybridized carbons (Fsp3) is 0.440. The first-order chi connectivity index (χ1) is 15.5. The summed E-state index contributed by atoms with van der Waals surface area (Å²) >= 11 is 0. The number of hydrogen-bond acceptors (Lipinski definition) is 4. The van der Waals surface area contributed by atoms with E-state index < -0.39 is 0 Å². The number of hydrogen-bond donors (Lipinski definition) is 2. The van der Waals surface area contributed by atoms with E-state index in [-0.39, 0.29) is 24.4 Å². The highest BCUT2D eigenvalue weighted by atomic mass is 16.5. The second-order valence-electron chi connectivity index (χ2n) is 8.08. The van der Waals surface area contributed by atoms with Gasteiger partial charge >= 0.3 is 6.03 Å². The van der Waals surface area contributed by atoms with Gasteiger partial charge in [0.15, 0.2) is 0 Å². The third kappa shape index (κ3) is 7.07. The molecule has 1 aliphatic rings. The van der Waals surface area contributed by atoms with Crippen LogP contribution < -0.4 is 10.6 Å². The molecule has 1 saturated heterocycles. The Hall–Kier alpha value is -2.90. The van der Waals surface area contributed by atoms with Gasteiger partial charge in [-0.05, 0) is 31.0 Å². The van der Waals surface area contributed by atoms with Crippen molar-refractivity contribution < 1.29 is 14.3 Å². The average molecular weight is 439 g/mol. The molecule has 7 nitrogen and oxygen atoms in total. The average Bonchev–Trinajstić information content (AvgIpc) is 2.82. The highest BCUT2D eigenvalue weighted by molar-refractivity contribution is 5.90. The monoisotopic (exact) mass is 438 g/mol. The van der Waals surface area contributed by atoms with Crippen molar-refractivity contribution in [2.45, 2.75) is 26.3 Å². The topological polar surface area (TPSA) is 73.9 Å². The van der Waals surface area contributed by atoms with E-state index in [1.54, 1.807) is 4.90 Å². The minimum absolute atomic E-state index is 0.0489. The number of rotatable bonds is 9. The van der Waals surface area contributed by atoms with Gasteiger partial charge < -0.3 is 20.3 Å². The molecule has 1 unspecified atom stereocenters. The zero-order valence-corrected chi connectivity index (χ0v) is 19.0. The first kappa shape index (κ1) is 23.8. The summed E-state index contributed by atoms with van der Waals surface area (Å²) in [4.78, 5) is 29.7. The van der Waals surface area contributed by atoms with Gasteiger partial charge in [-0.25, -0.2) is 4.79 Å². The normalized spacial score (nSPS) is 15.1. The Morgan fingerprint density at radius 1 is 1.06 bits per heavy atom. The summed E-state index contributed by atoms with van der Waals surface area (Å²) < 4.78 is 5.35. The number of nitrogens with one attached hydrogen (secondary N) is 2. The van der Waals surface area contributed by atoms with Gasteiger partial charge in [0, 0.05) is 44.8 Å². The highest BCUT2D eigenvalue weighted by Gasteiger charge is 2.23. The van der Waals surface area contributed by atoms with Crippen LogP contribution in [0.5, 0.6) is 0 Å². The molecule has 0 spiro atoms. The Balaban J connectivity index is 1.58. The minimum Gasteiger partial charge on any atom is -0.379 e. The maximum absolute atomic E-state index is 13.2. The first-order valence-electron chi connectivity index (χ1n) is 11.3. The molecule has 7 heteroatoms. The molecular formula is C25H34N4O3. The van der Waals surface area contributed by atoms with Crippen molar-refractivity contribution in [3.05, 3.63) is 65.7 Å². The molecule has 172 valence electrons.